The van der Waals surface area contributed by atoms with E-state index in [2.05, 4.69) is 15.0 Å². The van der Waals surface area contributed by atoms with E-state index in [1.165, 1.54) is 18.2 Å². The van der Waals surface area contributed by atoms with E-state index in [-0.39, 0.29) is 35.2 Å². The van der Waals surface area contributed by atoms with Gasteiger partial charge in [-0.3, -0.25) is 9.59 Å². The Hall–Kier alpha value is -2.40. The van der Waals surface area contributed by atoms with E-state index in [0.717, 1.165) is 37.0 Å². The summed E-state index contributed by atoms with van der Waals surface area (Å²) in [5.74, 6) is -0.592. The lowest BCUT2D eigenvalue weighted by Crippen LogP contribution is -2.44. The van der Waals surface area contributed by atoms with Crippen molar-refractivity contribution in [2.24, 2.45) is 11.1 Å². The van der Waals surface area contributed by atoms with E-state index >= 15 is 0 Å². The minimum absolute atomic E-state index is 0.0393. The lowest BCUT2D eigenvalue weighted by Gasteiger charge is -2.28. The Morgan fingerprint density at radius 2 is 2.13 bits per heavy atom. The molecule has 11 heteroatoms. The van der Waals surface area contributed by atoms with Crippen molar-refractivity contribution in [2.75, 3.05) is 18.4 Å². The summed E-state index contributed by atoms with van der Waals surface area (Å²) >= 11 is 1.06. The quantitative estimate of drug-likeness (QED) is 0.716. The molecule has 2 aliphatic rings. The number of thiazole rings is 1. The number of alkyl halides is 3. The molecule has 3 N–H and O–H groups in total. The summed E-state index contributed by atoms with van der Waals surface area (Å²) in [6.45, 7) is 0.953. The molecule has 1 atom stereocenters. The molecule has 30 heavy (non-hydrogen) atoms. The van der Waals surface area contributed by atoms with Gasteiger partial charge in [-0.25, -0.2) is 4.98 Å². The number of carbonyl (C=O) groups excluding carboxylic acids is 2. The Morgan fingerprint density at radius 3 is 2.80 bits per heavy atom. The zero-order valence-corrected chi connectivity index (χ0v) is 16.8. The molecule has 4 rings (SSSR count). The molecule has 0 spiro atoms. The zero-order chi connectivity index (χ0) is 21.5. The highest BCUT2D eigenvalue weighted by molar-refractivity contribution is 7.22. The van der Waals surface area contributed by atoms with Gasteiger partial charge in [-0.05, 0) is 37.8 Å². The highest BCUT2D eigenvalue weighted by Crippen LogP contribution is 2.47. The molecule has 1 aromatic heterocycles. The number of hydrogen-bond acceptors (Lipinski definition) is 6. The van der Waals surface area contributed by atoms with Crippen LogP contribution in [0.25, 0.3) is 10.2 Å². The Balaban J connectivity index is 1.40. The molecule has 1 aromatic carbocycles. The molecule has 0 radical (unpaired) electrons. The minimum Gasteiger partial charge on any atom is -0.406 e. The molecule has 2 heterocycles. The van der Waals surface area contributed by atoms with Gasteiger partial charge in [-0.2, -0.15) is 0 Å². The second-order valence-corrected chi connectivity index (χ2v) is 8.76. The number of fused-ring (bicyclic) bond motifs is 1. The van der Waals surface area contributed by atoms with Crippen LogP contribution in [0.2, 0.25) is 0 Å². The summed E-state index contributed by atoms with van der Waals surface area (Å²) in [5, 5.41) is 2.98. The van der Waals surface area contributed by atoms with Gasteiger partial charge in [0.15, 0.2) is 5.13 Å². The molecule has 2 amide bonds. The van der Waals surface area contributed by atoms with Crippen molar-refractivity contribution >= 4 is 38.5 Å². The van der Waals surface area contributed by atoms with Gasteiger partial charge < -0.3 is 20.7 Å². The van der Waals surface area contributed by atoms with Gasteiger partial charge in [0.2, 0.25) is 11.8 Å². The van der Waals surface area contributed by atoms with Gasteiger partial charge >= 0.3 is 6.36 Å². The van der Waals surface area contributed by atoms with Gasteiger partial charge in [0, 0.05) is 31.6 Å². The van der Waals surface area contributed by atoms with Crippen LogP contribution in [0.5, 0.6) is 5.75 Å². The number of aromatic nitrogens is 1. The number of halogens is 3. The fourth-order valence-electron chi connectivity index (χ4n) is 3.82. The summed E-state index contributed by atoms with van der Waals surface area (Å²) in [5.41, 5.74) is 5.78. The standard InChI is InChI=1S/C19H21F3N4O3S/c20-19(21,22)29-12-3-4-13-14(9-12)30-17(24-13)25-15(27)8-11-2-1-7-26(11)16(28)18(10-23)5-6-18/h3-4,9,11H,1-2,5-8,10,23H2,(H,24,25,27)/t11-/m1/s1. The van der Waals surface area contributed by atoms with E-state index in [9.17, 15) is 22.8 Å². The average molecular weight is 442 g/mol. The molecule has 7 nitrogen and oxygen atoms in total. The number of nitrogens with two attached hydrogens (primary N) is 1. The SMILES string of the molecule is NCC1(C(=O)N2CCC[C@@H]2CC(=O)Nc2nc3ccc(OC(F)(F)F)cc3s2)CC1. The van der Waals surface area contributed by atoms with Crippen molar-refractivity contribution < 1.29 is 27.5 Å². The molecule has 1 saturated heterocycles. The fraction of sp³-hybridized carbons (Fsp3) is 0.526. The summed E-state index contributed by atoms with van der Waals surface area (Å²) in [7, 11) is 0. The van der Waals surface area contributed by atoms with Gasteiger partial charge in [0.25, 0.3) is 0 Å². The number of nitrogens with zero attached hydrogens (tertiary/aromatic N) is 2. The maximum absolute atomic E-state index is 12.8. The van der Waals surface area contributed by atoms with Gasteiger partial charge in [-0.1, -0.05) is 11.3 Å². The number of amides is 2. The Morgan fingerprint density at radius 1 is 1.37 bits per heavy atom. The van der Waals surface area contributed by atoms with Crippen LogP contribution < -0.4 is 15.8 Å². The van der Waals surface area contributed by atoms with Crippen LogP contribution in [0.4, 0.5) is 18.3 Å². The van der Waals surface area contributed by atoms with Gasteiger partial charge in [0.1, 0.15) is 5.75 Å². The Labute approximate surface area is 174 Å². The normalized spacial score (nSPS) is 20.4. The lowest BCUT2D eigenvalue weighted by molar-refractivity contribution is -0.274. The lowest BCUT2D eigenvalue weighted by atomic mass is 10.0. The van der Waals surface area contributed by atoms with Crippen LogP contribution in [-0.2, 0) is 9.59 Å². The molecule has 1 aliphatic carbocycles. The molecule has 2 fully saturated rings. The van der Waals surface area contributed by atoms with Crippen LogP contribution in [0.1, 0.15) is 32.1 Å². The second-order valence-electron chi connectivity index (χ2n) is 7.73. The molecule has 0 unspecified atom stereocenters. The van der Waals surface area contributed by atoms with Crippen molar-refractivity contribution in [2.45, 2.75) is 44.5 Å². The maximum Gasteiger partial charge on any atom is 0.573 e. The number of anilines is 1. The number of nitrogens with one attached hydrogen (secondary N) is 1. The van der Waals surface area contributed by atoms with E-state index in [1.54, 1.807) is 4.90 Å². The van der Waals surface area contributed by atoms with Gasteiger partial charge in [-0.15, -0.1) is 13.2 Å². The number of likely N-dealkylation sites (tertiary alicyclic amines) is 1. The highest BCUT2D eigenvalue weighted by atomic mass is 32.1. The van der Waals surface area contributed by atoms with Crippen LogP contribution in [-0.4, -0.2) is 47.2 Å². The van der Waals surface area contributed by atoms with Crippen LogP contribution in [0.15, 0.2) is 18.2 Å². The topological polar surface area (TPSA) is 97.6 Å². The van der Waals surface area contributed by atoms with Crippen LogP contribution >= 0.6 is 11.3 Å². The molecule has 2 aromatic rings. The zero-order valence-electron chi connectivity index (χ0n) is 16.0. The average Bonchev–Trinajstić information content (AvgIpc) is 3.17. The third kappa shape index (κ3) is 4.36. The molecular formula is C19H21F3N4O3S. The van der Waals surface area contributed by atoms with Crippen molar-refractivity contribution in [3.05, 3.63) is 18.2 Å². The Bertz CT molecular complexity index is 974. The molecule has 162 valence electrons. The maximum atomic E-state index is 12.8. The number of ether oxygens (including phenoxy) is 1. The van der Waals surface area contributed by atoms with E-state index in [0.29, 0.717) is 23.3 Å². The first kappa shape index (κ1) is 20.9. The summed E-state index contributed by atoms with van der Waals surface area (Å²) < 4.78 is 41.5. The number of carbonyl (C=O) groups is 2. The van der Waals surface area contributed by atoms with Crippen molar-refractivity contribution in [3.8, 4) is 5.75 Å². The largest absolute Gasteiger partial charge is 0.573 e. The van der Waals surface area contributed by atoms with Crippen molar-refractivity contribution in [3.63, 3.8) is 0 Å². The summed E-state index contributed by atoms with van der Waals surface area (Å²) in [6, 6.07) is 3.63. The predicted molar refractivity (Wildman–Crippen MR) is 105 cm³/mol. The van der Waals surface area contributed by atoms with Crippen LogP contribution in [0.3, 0.4) is 0 Å². The van der Waals surface area contributed by atoms with Crippen molar-refractivity contribution in [1.82, 2.24) is 9.88 Å². The predicted octanol–water partition coefficient (Wildman–Crippen LogP) is 3.25. The number of benzene rings is 1. The fourth-order valence-corrected chi connectivity index (χ4v) is 4.73. The first-order valence-electron chi connectivity index (χ1n) is 9.66. The number of hydrogen-bond donors (Lipinski definition) is 2. The van der Waals surface area contributed by atoms with E-state index in [1.807, 2.05) is 0 Å². The van der Waals surface area contributed by atoms with Crippen LogP contribution in [0, 0.1) is 5.41 Å². The summed E-state index contributed by atoms with van der Waals surface area (Å²) in [6.07, 6.45) is -1.45. The third-order valence-electron chi connectivity index (χ3n) is 5.60. The second kappa shape index (κ2) is 7.69. The smallest absolute Gasteiger partial charge is 0.406 e. The molecular weight excluding hydrogens is 421 g/mol. The van der Waals surface area contributed by atoms with Gasteiger partial charge in [0.05, 0.1) is 15.6 Å². The first-order valence-corrected chi connectivity index (χ1v) is 10.5. The van der Waals surface area contributed by atoms with E-state index in [4.69, 9.17) is 5.73 Å². The highest BCUT2D eigenvalue weighted by Gasteiger charge is 2.52. The molecule has 1 saturated carbocycles. The first-order chi connectivity index (χ1) is 14.2. The molecule has 1 aliphatic heterocycles. The monoisotopic (exact) mass is 442 g/mol. The van der Waals surface area contributed by atoms with E-state index < -0.39 is 11.8 Å². The Kier molecular flexibility index (Phi) is 5.35. The third-order valence-corrected chi connectivity index (χ3v) is 6.53. The number of rotatable bonds is 6. The minimum atomic E-state index is -4.77. The summed E-state index contributed by atoms with van der Waals surface area (Å²) in [4.78, 5) is 31.3. The molecule has 0 bridgehead atoms. The van der Waals surface area contributed by atoms with Crippen molar-refractivity contribution in [1.29, 1.82) is 0 Å².